The molecule has 5 heteroatoms. The van der Waals surface area contributed by atoms with E-state index in [4.69, 9.17) is 9.47 Å². The molecule has 1 saturated heterocycles. The molecule has 142 valence electrons. The number of hydrogen-bond donors (Lipinski definition) is 0. The Morgan fingerprint density at radius 1 is 1.00 bits per heavy atom. The molecule has 1 atom stereocenters. The zero-order valence-electron chi connectivity index (χ0n) is 15.5. The maximum Gasteiger partial charge on any atom is 0.338 e. The number of carbonyl (C=O) groups is 1. The van der Waals surface area contributed by atoms with Crippen LogP contribution in [-0.4, -0.2) is 35.0 Å². The quantitative estimate of drug-likeness (QED) is 0.602. The molecule has 2 heterocycles. The van der Waals surface area contributed by atoms with Crippen molar-refractivity contribution in [3.63, 3.8) is 0 Å². The molecule has 28 heavy (non-hydrogen) atoms. The number of pyridine rings is 1. The fraction of sp³-hybridized carbons (Fsp3) is 0.217. The van der Waals surface area contributed by atoms with Gasteiger partial charge in [-0.25, -0.2) is 4.79 Å². The topological polar surface area (TPSA) is 51.7 Å². The molecule has 3 aromatic rings. The average molecular weight is 374 g/mol. The van der Waals surface area contributed by atoms with Crippen LogP contribution in [0.15, 0.2) is 79.1 Å². The lowest BCUT2D eigenvalue weighted by molar-refractivity contribution is 0.0320. The molecule has 4 rings (SSSR count). The first-order chi connectivity index (χ1) is 13.8. The van der Waals surface area contributed by atoms with Gasteiger partial charge >= 0.3 is 5.97 Å². The number of hydrogen-bond acceptors (Lipinski definition) is 5. The van der Waals surface area contributed by atoms with Crippen molar-refractivity contribution in [3.05, 3.63) is 90.3 Å². The smallest absolute Gasteiger partial charge is 0.338 e. The van der Waals surface area contributed by atoms with Crippen LogP contribution in [0.25, 0.3) is 0 Å². The Balaban J connectivity index is 1.29. The molecule has 0 spiro atoms. The largest absolute Gasteiger partial charge is 0.457 e. The van der Waals surface area contributed by atoms with Gasteiger partial charge in [-0.15, -0.1) is 0 Å². The minimum Gasteiger partial charge on any atom is -0.457 e. The van der Waals surface area contributed by atoms with Gasteiger partial charge in [-0.3, -0.25) is 9.88 Å². The molecule has 0 amide bonds. The third-order valence-electron chi connectivity index (χ3n) is 4.71. The van der Waals surface area contributed by atoms with Gasteiger partial charge in [-0.05, 0) is 48.4 Å². The van der Waals surface area contributed by atoms with Crippen molar-refractivity contribution in [2.75, 3.05) is 13.1 Å². The van der Waals surface area contributed by atoms with Crippen molar-refractivity contribution in [3.8, 4) is 11.5 Å². The lowest BCUT2D eigenvalue weighted by atomic mass is 10.2. The van der Waals surface area contributed by atoms with Crippen LogP contribution in [0.3, 0.4) is 0 Å². The van der Waals surface area contributed by atoms with Gasteiger partial charge in [0.25, 0.3) is 0 Å². The number of benzene rings is 2. The van der Waals surface area contributed by atoms with E-state index in [-0.39, 0.29) is 12.1 Å². The summed E-state index contributed by atoms with van der Waals surface area (Å²) in [6, 6.07) is 21.0. The summed E-state index contributed by atoms with van der Waals surface area (Å²) in [4.78, 5) is 18.8. The Morgan fingerprint density at radius 2 is 1.82 bits per heavy atom. The number of carbonyl (C=O) groups excluding carboxylic acids is 1. The van der Waals surface area contributed by atoms with E-state index in [2.05, 4.69) is 22.0 Å². The number of aromatic nitrogens is 1. The van der Waals surface area contributed by atoms with Crippen molar-refractivity contribution < 1.29 is 14.3 Å². The second-order valence-corrected chi connectivity index (χ2v) is 6.85. The molecular formula is C23H22N2O3. The summed E-state index contributed by atoms with van der Waals surface area (Å²) in [6.45, 7) is 2.59. The van der Waals surface area contributed by atoms with E-state index >= 15 is 0 Å². The van der Waals surface area contributed by atoms with Crippen molar-refractivity contribution in [2.24, 2.45) is 0 Å². The summed E-state index contributed by atoms with van der Waals surface area (Å²) in [7, 11) is 0. The van der Waals surface area contributed by atoms with Crippen LogP contribution in [0, 0.1) is 0 Å². The first-order valence-electron chi connectivity index (χ1n) is 9.41. The average Bonchev–Trinajstić information content (AvgIpc) is 3.17. The highest BCUT2D eigenvalue weighted by molar-refractivity contribution is 5.89. The molecule has 0 unspecified atom stereocenters. The van der Waals surface area contributed by atoms with Crippen molar-refractivity contribution in [1.82, 2.24) is 9.88 Å². The molecule has 1 fully saturated rings. The molecule has 1 aliphatic heterocycles. The van der Waals surface area contributed by atoms with Crippen LogP contribution in [0.5, 0.6) is 11.5 Å². The van der Waals surface area contributed by atoms with E-state index in [9.17, 15) is 4.79 Å². The Bertz CT molecular complexity index is 898. The van der Waals surface area contributed by atoms with Gasteiger partial charge in [0.15, 0.2) is 0 Å². The Hall–Kier alpha value is -3.18. The molecule has 0 aliphatic carbocycles. The summed E-state index contributed by atoms with van der Waals surface area (Å²) in [6.07, 6.45) is 4.13. The normalized spacial score (nSPS) is 16.6. The number of likely N-dealkylation sites (tertiary alicyclic amines) is 1. The molecule has 0 bridgehead atoms. The number of nitrogens with zero attached hydrogens (tertiary/aromatic N) is 2. The summed E-state index contributed by atoms with van der Waals surface area (Å²) >= 11 is 0. The van der Waals surface area contributed by atoms with Crippen molar-refractivity contribution in [1.29, 1.82) is 0 Å². The van der Waals surface area contributed by atoms with Gasteiger partial charge in [-0.1, -0.05) is 30.3 Å². The molecule has 5 nitrogen and oxygen atoms in total. The lowest BCUT2D eigenvalue weighted by Crippen LogP contribution is -2.24. The van der Waals surface area contributed by atoms with Crippen LogP contribution in [0.4, 0.5) is 0 Å². The zero-order chi connectivity index (χ0) is 19.2. The SMILES string of the molecule is O=C(O[C@@H]1CCN(Cc2ccccc2)C1)c1ccc(Oc2cccnc2)cc1. The predicted octanol–water partition coefficient (Wildman–Crippen LogP) is 4.31. The molecule has 0 saturated carbocycles. The van der Waals surface area contributed by atoms with E-state index in [1.165, 1.54) is 5.56 Å². The van der Waals surface area contributed by atoms with Gasteiger partial charge in [0.05, 0.1) is 11.8 Å². The van der Waals surface area contributed by atoms with Gasteiger partial charge < -0.3 is 9.47 Å². The highest BCUT2D eigenvalue weighted by Crippen LogP contribution is 2.22. The van der Waals surface area contributed by atoms with Crippen LogP contribution in [0.1, 0.15) is 22.3 Å². The predicted molar refractivity (Wildman–Crippen MR) is 106 cm³/mol. The monoisotopic (exact) mass is 374 g/mol. The highest BCUT2D eigenvalue weighted by Gasteiger charge is 2.26. The molecule has 0 N–H and O–H groups in total. The van der Waals surface area contributed by atoms with Gasteiger partial charge in [-0.2, -0.15) is 0 Å². The second kappa shape index (κ2) is 8.67. The molecule has 0 radical (unpaired) electrons. The number of esters is 1. The Kier molecular flexibility index (Phi) is 5.64. The molecule has 1 aliphatic rings. The summed E-state index contributed by atoms with van der Waals surface area (Å²) in [5.74, 6) is 1.02. The van der Waals surface area contributed by atoms with E-state index in [0.29, 0.717) is 17.1 Å². The van der Waals surface area contributed by atoms with Gasteiger partial charge in [0.2, 0.25) is 0 Å². The third kappa shape index (κ3) is 4.75. The van der Waals surface area contributed by atoms with Crippen molar-refractivity contribution in [2.45, 2.75) is 19.1 Å². The van der Waals surface area contributed by atoms with Gasteiger partial charge in [0, 0.05) is 25.8 Å². The third-order valence-corrected chi connectivity index (χ3v) is 4.71. The Labute approximate surface area is 164 Å². The van der Waals surface area contributed by atoms with E-state index in [1.807, 2.05) is 30.3 Å². The summed E-state index contributed by atoms with van der Waals surface area (Å²) < 4.78 is 11.4. The maximum atomic E-state index is 12.4. The summed E-state index contributed by atoms with van der Waals surface area (Å²) in [5.41, 5.74) is 1.80. The second-order valence-electron chi connectivity index (χ2n) is 6.85. The van der Waals surface area contributed by atoms with E-state index in [0.717, 1.165) is 26.1 Å². The lowest BCUT2D eigenvalue weighted by Gasteiger charge is -2.16. The van der Waals surface area contributed by atoms with E-state index in [1.54, 1.807) is 36.7 Å². The van der Waals surface area contributed by atoms with Crippen LogP contribution < -0.4 is 4.74 Å². The van der Waals surface area contributed by atoms with Gasteiger partial charge in [0.1, 0.15) is 17.6 Å². The van der Waals surface area contributed by atoms with Crippen molar-refractivity contribution >= 4 is 5.97 Å². The molecule has 1 aromatic heterocycles. The Morgan fingerprint density at radius 3 is 2.57 bits per heavy atom. The van der Waals surface area contributed by atoms with E-state index < -0.39 is 0 Å². The van der Waals surface area contributed by atoms with Crippen LogP contribution in [0.2, 0.25) is 0 Å². The standard InChI is InChI=1S/C23H22N2O3/c26-23(19-8-10-20(11-9-19)27-21-7-4-13-24-15-21)28-22-12-14-25(17-22)16-18-5-2-1-3-6-18/h1-11,13,15,22H,12,14,16-17H2/t22-/m1/s1. The first-order valence-corrected chi connectivity index (χ1v) is 9.41. The van der Waals surface area contributed by atoms with Crippen LogP contribution in [-0.2, 0) is 11.3 Å². The summed E-state index contributed by atoms with van der Waals surface area (Å²) in [5, 5.41) is 0. The maximum absolute atomic E-state index is 12.4. The highest BCUT2D eigenvalue weighted by atomic mass is 16.5. The minimum absolute atomic E-state index is 0.0671. The zero-order valence-corrected chi connectivity index (χ0v) is 15.5. The minimum atomic E-state index is -0.292. The first kappa shape index (κ1) is 18.2. The number of ether oxygens (including phenoxy) is 2. The molecular weight excluding hydrogens is 352 g/mol. The molecule has 2 aromatic carbocycles. The van der Waals surface area contributed by atoms with Crippen LogP contribution >= 0.6 is 0 Å². The fourth-order valence-corrected chi connectivity index (χ4v) is 3.30. The fourth-order valence-electron chi connectivity index (χ4n) is 3.30. The number of rotatable bonds is 6.